The Labute approximate surface area is 93.2 Å². The summed E-state index contributed by atoms with van der Waals surface area (Å²) in [4.78, 5) is 0. The van der Waals surface area contributed by atoms with E-state index in [-0.39, 0.29) is 0 Å². The van der Waals surface area contributed by atoms with Gasteiger partial charge in [-0.25, -0.2) is 0 Å². The molecule has 1 nitrogen and oxygen atoms in total. The molecule has 2 rings (SSSR count). The Bertz CT molecular complexity index is 240. The second-order valence-corrected chi connectivity index (χ2v) is 4.68. The van der Waals surface area contributed by atoms with Gasteiger partial charge in [-0.15, -0.1) is 0 Å². The lowest BCUT2D eigenvalue weighted by molar-refractivity contribution is 0.257. The average Bonchev–Trinajstić information content (AvgIpc) is 2.65. The highest BCUT2D eigenvalue weighted by atomic mass is 16.5. The third-order valence-electron chi connectivity index (χ3n) is 3.46. The van der Waals surface area contributed by atoms with Crippen molar-refractivity contribution in [2.24, 2.45) is 5.92 Å². The number of fused-ring (bicyclic) bond motifs is 1. The van der Waals surface area contributed by atoms with Crippen molar-refractivity contribution in [1.82, 2.24) is 0 Å². The van der Waals surface area contributed by atoms with E-state index < -0.39 is 0 Å². The molecule has 0 radical (unpaired) electrons. The Kier molecular flexibility index (Phi) is 4.31. The summed E-state index contributed by atoms with van der Waals surface area (Å²) in [5.74, 6) is 1.96. The van der Waals surface area contributed by atoms with Crippen LogP contribution in [0.2, 0.25) is 0 Å². The fraction of sp³-hybridized carbons (Fsp3) is 0.714. The minimum atomic E-state index is 0.717. The fourth-order valence-corrected chi connectivity index (χ4v) is 2.49. The van der Waals surface area contributed by atoms with Gasteiger partial charge in [0, 0.05) is 5.92 Å². The number of ether oxygens (including phenoxy) is 1. The summed E-state index contributed by atoms with van der Waals surface area (Å²) >= 11 is 0. The van der Waals surface area contributed by atoms with Crippen molar-refractivity contribution < 1.29 is 4.74 Å². The van der Waals surface area contributed by atoms with E-state index in [1.165, 1.54) is 57.1 Å². The van der Waals surface area contributed by atoms with Crippen molar-refractivity contribution in [3.8, 4) is 0 Å². The van der Waals surface area contributed by atoms with E-state index in [1.807, 2.05) is 0 Å². The van der Waals surface area contributed by atoms with E-state index in [0.29, 0.717) is 5.92 Å². The minimum absolute atomic E-state index is 0.717. The van der Waals surface area contributed by atoms with E-state index in [9.17, 15) is 0 Å². The lowest BCUT2D eigenvalue weighted by Crippen LogP contribution is -1.97. The van der Waals surface area contributed by atoms with Crippen molar-refractivity contribution in [2.75, 3.05) is 6.61 Å². The second-order valence-electron chi connectivity index (χ2n) is 4.68. The number of hydrogen-bond acceptors (Lipinski definition) is 1. The van der Waals surface area contributed by atoms with E-state index in [0.717, 1.165) is 6.61 Å². The Morgan fingerprint density at radius 2 is 1.87 bits per heavy atom. The van der Waals surface area contributed by atoms with Crippen LogP contribution in [0.25, 0.3) is 0 Å². The van der Waals surface area contributed by atoms with Gasteiger partial charge in [0.2, 0.25) is 0 Å². The average molecular weight is 206 g/mol. The quantitative estimate of drug-likeness (QED) is 0.577. The molecule has 0 N–H and O–H groups in total. The van der Waals surface area contributed by atoms with Crippen LogP contribution in [0.1, 0.15) is 51.4 Å². The first-order valence-electron chi connectivity index (χ1n) is 6.46. The largest absolute Gasteiger partial charge is 0.498 e. The molecule has 0 saturated carbocycles. The molecule has 1 aliphatic carbocycles. The SMILES string of the molecule is C1=C\CCCCCCCC2CCO/C2=C/1. The molecule has 0 aromatic heterocycles. The second kappa shape index (κ2) is 5.99. The van der Waals surface area contributed by atoms with E-state index in [4.69, 9.17) is 4.74 Å². The smallest absolute Gasteiger partial charge is 0.0991 e. The van der Waals surface area contributed by atoms with Crippen LogP contribution in [-0.4, -0.2) is 6.61 Å². The fourth-order valence-electron chi connectivity index (χ4n) is 2.49. The zero-order valence-electron chi connectivity index (χ0n) is 9.58. The summed E-state index contributed by atoms with van der Waals surface area (Å²) in [5.41, 5.74) is 0. The Morgan fingerprint density at radius 1 is 1.00 bits per heavy atom. The highest BCUT2D eigenvalue weighted by molar-refractivity contribution is 5.12. The predicted molar refractivity (Wildman–Crippen MR) is 63.6 cm³/mol. The molecule has 0 aromatic rings. The molecule has 2 aliphatic rings. The molecule has 1 atom stereocenters. The number of hydrogen-bond donors (Lipinski definition) is 0. The van der Waals surface area contributed by atoms with Crippen molar-refractivity contribution in [2.45, 2.75) is 51.4 Å². The lowest BCUT2D eigenvalue weighted by atomic mass is 9.96. The molecule has 0 amide bonds. The monoisotopic (exact) mass is 206 g/mol. The van der Waals surface area contributed by atoms with Crippen LogP contribution >= 0.6 is 0 Å². The molecule has 1 heteroatoms. The molecular formula is C14H22O. The highest BCUT2D eigenvalue weighted by Crippen LogP contribution is 2.29. The first-order valence-corrected chi connectivity index (χ1v) is 6.46. The normalized spacial score (nSPS) is 33.9. The van der Waals surface area contributed by atoms with Gasteiger partial charge in [0.15, 0.2) is 0 Å². The molecular weight excluding hydrogens is 184 g/mol. The molecule has 0 bridgehead atoms. The lowest BCUT2D eigenvalue weighted by Gasteiger charge is -2.10. The van der Waals surface area contributed by atoms with Gasteiger partial charge in [0.25, 0.3) is 0 Å². The molecule has 15 heavy (non-hydrogen) atoms. The third kappa shape index (κ3) is 3.40. The maximum Gasteiger partial charge on any atom is 0.0991 e. The first kappa shape index (κ1) is 10.8. The predicted octanol–water partition coefficient (Wildman–Crippen LogP) is 4.21. The van der Waals surface area contributed by atoms with Crippen molar-refractivity contribution in [1.29, 1.82) is 0 Å². The molecule has 1 aliphatic heterocycles. The van der Waals surface area contributed by atoms with Crippen LogP contribution in [0.5, 0.6) is 0 Å². The maximum atomic E-state index is 5.67. The zero-order chi connectivity index (χ0) is 10.3. The summed E-state index contributed by atoms with van der Waals surface area (Å²) in [6, 6.07) is 0. The standard InChI is InChI=1S/C14H22O/c1-2-4-6-8-10-14-13(11-12-15-14)9-7-5-3-1/h6,8,10,13H,1-5,7,9,11-12H2/b8-6-,14-10+. The Morgan fingerprint density at radius 3 is 2.87 bits per heavy atom. The van der Waals surface area contributed by atoms with Crippen LogP contribution in [0.4, 0.5) is 0 Å². The van der Waals surface area contributed by atoms with Gasteiger partial charge in [0.1, 0.15) is 0 Å². The van der Waals surface area contributed by atoms with Gasteiger partial charge < -0.3 is 4.74 Å². The van der Waals surface area contributed by atoms with Crippen molar-refractivity contribution in [3.63, 3.8) is 0 Å². The van der Waals surface area contributed by atoms with Gasteiger partial charge >= 0.3 is 0 Å². The van der Waals surface area contributed by atoms with E-state index in [2.05, 4.69) is 18.2 Å². The summed E-state index contributed by atoms with van der Waals surface area (Å²) in [5, 5.41) is 0. The van der Waals surface area contributed by atoms with Crippen LogP contribution in [0, 0.1) is 5.92 Å². The van der Waals surface area contributed by atoms with Crippen LogP contribution in [0.3, 0.4) is 0 Å². The van der Waals surface area contributed by atoms with Gasteiger partial charge in [-0.2, -0.15) is 0 Å². The first-order chi connectivity index (χ1) is 7.47. The Balaban J connectivity index is 1.95. The van der Waals surface area contributed by atoms with Gasteiger partial charge in [-0.3, -0.25) is 0 Å². The summed E-state index contributed by atoms with van der Waals surface area (Å²) in [6.07, 6.45) is 17.4. The van der Waals surface area contributed by atoms with E-state index in [1.54, 1.807) is 0 Å². The van der Waals surface area contributed by atoms with Crippen LogP contribution < -0.4 is 0 Å². The summed E-state index contributed by atoms with van der Waals surface area (Å²) in [6.45, 7) is 0.935. The van der Waals surface area contributed by atoms with Gasteiger partial charge in [-0.05, 0) is 31.8 Å². The summed E-state index contributed by atoms with van der Waals surface area (Å²) in [7, 11) is 0. The Hall–Kier alpha value is -0.720. The van der Waals surface area contributed by atoms with Crippen molar-refractivity contribution >= 4 is 0 Å². The van der Waals surface area contributed by atoms with E-state index >= 15 is 0 Å². The minimum Gasteiger partial charge on any atom is -0.498 e. The molecule has 1 saturated heterocycles. The van der Waals surface area contributed by atoms with Crippen LogP contribution in [0.15, 0.2) is 24.0 Å². The molecule has 1 fully saturated rings. The van der Waals surface area contributed by atoms with Crippen molar-refractivity contribution in [3.05, 3.63) is 24.0 Å². The third-order valence-corrected chi connectivity index (χ3v) is 3.46. The van der Waals surface area contributed by atoms with Gasteiger partial charge in [-0.1, -0.05) is 37.8 Å². The highest BCUT2D eigenvalue weighted by Gasteiger charge is 2.21. The number of allylic oxidation sites excluding steroid dienone is 4. The zero-order valence-corrected chi connectivity index (χ0v) is 9.58. The molecule has 1 unspecified atom stereocenters. The molecule has 0 spiro atoms. The maximum absolute atomic E-state index is 5.67. The molecule has 1 heterocycles. The summed E-state index contributed by atoms with van der Waals surface area (Å²) < 4.78 is 5.67. The molecule has 0 aromatic carbocycles. The van der Waals surface area contributed by atoms with Crippen LogP contribution in [-0.2, 0) is 4.74 Å². The molecule has 84 valence electrons. The number of rotatable bonds is 0. The van der Waals surface area contributed by atoms with Gasteiger partial charge in [0.05, 0.1) is 12.4 Å². The topological polar surface area (TPSA) is 9.23 Å².